The maximum atomic E-state index is 9.69. The van der Waals surface area contributed by atoms with E-state index in [4.69, 9.17) is 0 Å². The highest BCUT2D eigenvalue weighted by Crippen LogP contribution is 2.24. The molecule has 0 spiro atoms. The first-order valence-corrected chi connectivity index (χ1v) is 5.61. The third kappa shape index (κ3) is 2.80. The predicted octanol–water partition coefficient (Wildman–Crippen LogP) is 3.82. The van der Waals surface area contributed by atoms with Crippen LogP contribution in [-0.4, -0.2) is 10.2 Å². The average molecular weight is 238 g/mol. The van der Waals surface area contributed by atoms with Gasteiger partial charge in [-0.1, -0.05) is 49.1 Å². The van der Waals surface area contributed by atoms with Crippen molar-refractivity contribution in [1.29, 1.82) is 0 Å². The van der Waals surface area contributed by atoms with Crippen LogP contribution in [0.2, 0.25) is 0 Å². The molecule has 0 bridgehead atoms. The molecule has 2 aromatic carbocycles. The lowest BCUT2D eigenvalue weighted by atomic mass is 10.0. The number of para-hydroxylation sites is 1. The van der Waals surface area contributed by atoms with Gasteiger partial charge in [-0.2, -0.15) is 0 Å². The second-order valence-corrected chi connectivity index (χ2v) is 3.97. The van der Waals surface area contributed by atoms with Gasteiger partial charge in [0, 0.05) is 5.56 Å². The first-order valence-electron chi connectivity index (χ1n) is 5.61. The molecule has 0 aliphatic rings. The van der Waals surface area contributed by atoms with Crippen LogP contribution in [0.4, 0.5) is 0 Å². The molecule has 18 heavy (non-hydrogen) atoms. The van der Waals surface area contributed by atoms with Crippen LogP contribution >= 0.6 is 0 Å². The third-order valence-corrected chi connectivity index (χ3v) is 2.60. The smallest absolute Gasteiger partial charge is 0.123 e. The summed E-state index contributed by atoms with van der Waals surface area (Å²) in [6.07, 6.45) is 3.65. The second-order valence-electron chi connectivity index (χ2n) is 3.97. The third-order valence-electron chi connectivity index (χ3n) is 2.60. The van der Waals surface area contributed by atoms with Crippen LogP contribution in [0.25, 0.3) is 11.6 Å². The molecular weight excluding hydrogens is 224 g/mol. The number of phenols is 2. The Balaban J connectivity index is 2.20. The zero-order valence-corrected chi connectivity index (χ0v) is 9.88. The van der Waals surface area contributed by atoms with Crippen molar-refractivity contribution >= 4 is 11.6 Å². The van der Waals surface area contributed by atoms with Gasteiger partial charge in [0.25, 0.3) is 0 Å². The number of hydrogen-bond acceptors (Lipinski definition) is 2. The number of phenolic OH excluding ortho intramolecular Hbond substituents is 2. The monoisotopic (exact) mass is 238 g/mol. The van der Waals surface area contributed by atoms with Gasteiger partial charge in [-0.15, -0.1) is 0 Å². The molecule has 0 radical (unpaired) electrons. The summed E-state index contributed by atoms with van der Waals surface area (Å²) in [5, 5.41) is 19.0. The summed E-state index contributed by atoms with van der Waals surface area (Å²) in [4.78, 5) is 0. The summed E-state index contributed by atoms with van der Waals surface area (Å²) in [7, 11) is 0. The second kappa shape index (κ2) is 5.23. The molecule has 0 aliphatic heterocycles. The van der Waals surface area contributed by atoms with E-state index < -0.39 is 0 Å². The molecule has 0 saturated carbocycles. The lowest BCUT2D eigenvalue weighted by molar-refractivity contribution is 0.473. The highest BCUT2D eigenvalue weighted by molar-refractivity contribution is 5.80. The van der Waals surface area contributed by atoms with Crippen molar-refractivity contribution in [3.05, 3.63) is 72.3 Å². The first-order chi connectivity index (χ1) is 8.66. The van der Waals surface area contributed by atoms with E-state index in [1.54, 1.807) is 30.3 Å². The Hall–Kier alpha value is -2.48. The fraction of sp³-hybridized carbons (Fsp3) is 0. The molecule has 0 fully saturated rings. The minimum Gasteiger partial charge on any atom is -0.508 e. The molecular formula is C16H14O2. The van der Waals surface area contributed by atoms with Crippen molar-refractivity contribution in [2.45, 2.75) is 0 Å². The van der Waals surface area contributed by atoms with Crippen LogP contribution in [0.5, 0.6) is 11.5 Å². The summed E-state index contributed by atoms with van der Waals surface area (Å²) in [6, 6.07) is 14.0. The van der Waals surface area contributed by atoms with Gasteiger partial charge in [0.1, 0.15) is 11.5 Å². The Morgan fingerprint density at radius 3 is 2.50 bits per heavy atom. The fourth-order valence-corrected chi connectivity index (χ4v) is 1.66. The van der Waals surface area contributed by atoms with Gasteiger partial charge in [0.05, 0.1) is 0 Å². The van der Waals surface area contributed by atoms with Gasteiger partial charge in [0.15, 0.2) is 0 Å². The number of allylic oxidation sites excluding steroid dienone is 2. The van der Waals surface area contributed by atoms with Crippen LogP contribution < -0.4 is 0 Å². The van der Waals surface area contributed by atoms with E-state index in [-0.39, 0.29) is 11.5 Å². The van der Waals surface area contributed by atoms with Crippen molar-refractivity contribution in [1.82, 2.24) is 0 Å². The molecule has 2 nitrogen and oxygen atoms in total. The van der Waals surface area contributed by atoms with Crippen LogP contribution in [-0.2, 0) is 0 Å². The summed E-state index contributed by atoms with van der Waals surface area (Å²) in [5.74, 6) is 0.438. The van der Waals surface area contributed by atoms with Crippen molar-refractivity contribution in [2.24, 2.45) is 0 Å². The topological polar surface area (TPSA) is 40.5 Å². The summed E-state index contributed by atoms with van der Waals surface area (Å²) in [5.41, 5.74) is 2.30. The van der Waals surface area contributed by atoms with E-state index in [2.05, 4.69) is 6.58 Å². The van der Waals surface area contributed by atoms with E-state index in [1.807, 2.05) is 30.4 Å². The minimum absolute atomic E-state index is 0.211. The van der Waals surface area contributed by atoms with Gasteiger partial charge in [0.2, 0.25) is 0 Å². The lowest BCUT2D eigenvalue weighted by Crippen LogP contribution is -1.80. The van der Waals surface area contributed by atoms with Gasteiger partial charge in [-0.3, -0.25) is 0 Å². The largest absolute Gasteiger partial charge is 0.508 e. The molecule has 2 heteroatoms. The number of aromatic hydroxyl groups is 2. The maximum Gasteiger partial charge on any atom is 0.123 e. The number of rotatable bonds is 3. The molecule has 0 aliphatic carbocycles. The first kappa shape index (κ1) is 12.0. The van der Waals surface area contributed by atoms with Crippen LogP contribution in [0.1, 0.15) is 11.1 Å². The summed E-state index contributed by atoms with van der Waals surface area (Å²) in [6.45, 7) is 3.91. The van der Waals surface area contributed by atoms with Gasteiger partial charge >= 0.3 is 0 Å². The van der Waals surface area contributed by atoms with Crippen LogP contribution in [0, 0.1) is 0 Å². The summed E-state index contributed by atoms with van der Waals surface area (Å²) < 4.78 is 0. The molecule has 2 N–H and O–H groups in total. The van der Waals surface area contributed by atoms with E-state index >= 15 is 0 Å². The normalized spacial score (nSPS) is 10.7. The summed E-state index contributed by atoms with van der Waals surface area (Å²) >= 11 is 0. The Bertz CT molecular complexity index is 598. The Kier molecular flexibility index (Phi) is 3.49. The molecule has 0 heterocycles. The molecule has 0 unspecified atom stereocenters. The molecule has 0 aromatic heterocycles. The SMILES string of the molecule is C=C(/C=C/c1cccc(O)c1)c1ccccc1O. The van der Waals surface area contributed by atoms with Crippen molar-refractivity contribution in [2.75, 3.05) is 0 Å². The predicted molar refractivity (Wildman–Crippen MR) is 74.3 cm³/mol. The Labute approximate surface area is 106 Å². The van der Waals surface area contributed by atoms with Gasteiger partial charge in [-0.25, -0.2) is 0 Å². The van der Waals surface area contributed by atoms with Crippen molar-refractivity contribution in [3.63, 3.8) is 0 Å². The molecule has 2 aromatic rings. The number of hydrogen-bond donors (Lipinski definition) is 2. The number of benzene rings is 2. The fourth-order valence-electron chi connectivity index (χ4n) is 1.66. The van der Waals surface area contributed by atoms with Gasteiger partial charge in [-0.05, 0) is 29.3 Å². The Morgan fingerprint density at radius 2 is 1.78 bits per heavy atom. The van der Waals surface area contributed by atoms with Crippen molar-refractivity contribution < 1.29 is 10.2 Å². The minimum atomic E-state index is 0.211. The molecule has 0 amide bonds. The molecule has 0 atom stereocenters. The van der Waals surface area contributed by atoms with E-state index in [1.165, 1.54) is 0 Å². The molecule has 0 saturated heterocycles. The Morgan fingerprint density at radius 1 is 1.00 bits per heavy atom. The zero-order valence-electron chi connectivity index (χ0n) is 9.88. The molecule has 2 rings (SSSR count). The van der Waals surface area contributed by atoms with E-state index in [9.17, 15) is 10.2 Å². The van der Waals surface area contributed by atoms with Crippen LogP contribution in [0.15, 0.2) is 61.2 Å². The quantitative estimate of drug-likeness (QED) is 0.798. The highest BCUT2D eigenvalue weighted by atomic mass is 16.3. The molecule has 90 valence electrons. The lowest BCUT2D eigenvalue weighted by Gasteiger charge is -2.03. The zero-order chi connectivity index (χ0) is 13.0. The van der Waals surface area contributed by atoms with E-state index in [0.717, 1.165) is 11.1 Å². The average Bonchev–Trinajstić information content (AvgIpc) is 2.37. The highest BCUT2D eigenvalue weighted by Gasteiger charge is 2.00. The van der Waals surface area contributed by atoms with Crippen molar-refractivity contribution in [3.8, 4) is 11.5 Å². The standard InChI is InChI=1S/C16H14O2/c1-12(15-7-2-3-8-16(15)18)9-10-13-5-4-6-14(17)11-13/h2-11,17-18H,1H2/b10-9+. The maximum absolute atomic E-state index is 9.69. The van der Waals surface area contributed by atoms with Crippen LogP contribution in [0.3, 0.4) is 0 Å². The van der Waals surface area contributed by atoms with Gasteiger partial charge < -0.3 is 10.2 Å². The van der Waals surface area contributed by atoms with E-state index in [0.29, 0.717) is 5.56 Å².